The van der Waals surface area contributed by atoms with Crippen LogP contribution in [0.2, 0.25) is 0 Å². The van der Waals surface area contributed by atoms with Crippen molar-refractivity contribution in [2.75, 3.05) is 39.9 Å². The van der Waals surface area contributed by atoms with Crippen LogP contribution in [0.4, 0.5) is 0 Å². The second-order valence-electron chi connectivity index (χ2n) is 5.34. The molecule has 1 saturated heterocycles. The van der Waals surface area contributed by atoms with Crippen molar-refractivity contribution < 1.29 is 9.53 Å². The molecule has 0 aromatic carbocycles. The zero-order valence-electron chi connectivity index (χ0n) is 12.9. The smallest absolute Gasteiger partial charge is 0.236 e. The summed E-state index contributed by atoms with van der Waals surface area (Å²) in [5, 5.41) is 11.8. The van der Waals surface area contributed by atoms with E-state index < -0.39 is 0 Å². The third-order valence-electron chi connectivity index (χ3n) is 3.51. The Kier molecular flexibility index (Phi) is 6.06. The van der Waals surface area contributed by atoms with Gasteiger partial charge >= 0.3 is 0 Å². The van der Waals surface area contributed by atoms with Crippen molar-refractivity contribution in [3.63, 3.8) is 0 Å². The standard InChI is InChI=1S/C13H24N6O2/c1-3-4-5-19-12(14-15-16-19)10-17(2)11-13(20)18-6-8-21-9-7-18/h3-11H2,1-2H3. The molecule has 0 saturated carbocycles. The summed E-state index contributed by atoms with van der Waals surface area (Å²) in [5.41, 5.74) is 0. The average Bonchev–Trinajstić information content (AvgIpc) is 2.93. The Hall–Kier alpha value is -1.54. The number of ether oxygens (including phenoxy) is 1. The minimum Gasteiger partial charge on any atom is -0.378 e. The van der Waals surface area contributed by atoms with Crippen LogP contribution in [-0.2, 0) is 22.6 Å². The van der Waals surface area contributed by atoms with Gasteiger partial charge in [-0.05, 0) is 23.9 Å². The number of tetrazole rings is 1. The molecule has 1 aromatic heterocycles. The van der Waals surface area contributed by atoms with Gasteiger partial charge in [0.2, 0.25) is 5.91 Å². The van der Waals surface area contributed by atoms with Gasteiger partial charge in [0.05, 0.1) is 26.3 Å². The van der Waals surface area contributed by atoms with Gasteiger partial charge in [0, 0.05) is 19.6 Å². The van der Waals surface area contributed by atoms with E-state index in [1.165, 1.54) is 0 Å². The summed E-state index contributed by atoms with van der Waals surface area (Å²) in [6.07, 6.45) is 2.15. The highest BCUT2D eigenvalue weighted by Gasteiger charge is 2.19. The number of morpholine rings is 1. The molecular weight excluding hydrogens is 272 g/mol. The molecule has 8 nitrogen and oxygen atoms in total. The van der Waals surface area contributed by atoms with Gasteiger partial charge in [-0.15, -0.1) is 5.10 Å². The normalized spacial score (nSPS) is 15.7. The molecular formula is C13H24N6O2. The van der Waals surface area contributed by atoms with Crippen molar-refractivity contribution in [1.29, 1.82) is 0 Å². The van der Waals surface area contributed by atoms with Crippen LogP contribution in [0.1, 0.15) is 25.6 Å². The first-order valence-electron chi connectivity index (χ1n) is 7.49. The van der Waals surface area contributed by atoms with Gasteiger partial charge in [0.25, 0.3) is 0 Å². The highest BCUT2D eigenvalue weighted by atomic mass is 16.5. The lowest BCUT2D eigenvalue weighted by molar-refractivity contribution is -0.136. The number of unbranched alkanes of at least 4 members (excludes halogenated alkanes) is 1. The molecule has 1 fully saturated rings. The maximum Gasteiger partial charge on any atom is 0.236 e. The third kappa shape index (κ3) is 4.75. The summed E-state index contributed by atoms with van der Waals surface area (Å²) in [7, 11) is 1.91. The second kappa shape index (κ2) is 8.04. The van der Waals surface area contributed by atoms with Crippen LogP contribution in [0.25, 0.3) is 0 Å². The van der Waals surface area contributed by atoms with Gasteiger partial charge in [-0.3, -0.25) is 9.69 Å². The van der Waals surface area contributed by atoms with Crippen LogP contribution in [-0.4, -0.2) is 75.8 Å². The van der Waals surface area contributed by atoms with Crippen LogP contribution in [0, 0.1) is 0 Å². The minimum atomic E-state index is 0.133. The molecule has 0 spiro atoms. The van der Waals surface area contributed by atoms with Gasteiger partial charge < -0.3 is 9.64 Å². The van der Waals surface area contributed by atoms with E-state index in [-0.39, 0.29) is 5.91 Å². The highest BCUT2D eigenvalue weighted by molar-refractivity contribution is 5.78. The summed E-state index contributed by atoms with van der Waals surface area (Å²) in [6.45, 7) is 6.53. The van der Waals surface area contributed by atoms with E-state index in [0.29, 0.717) is 39.4 Å². The summed E-state index contributed by atoms with van der Waals surface area (Å²) < 4.78 is 7.07. The van der Waals surface area contributed by atoms with E-state index in [1.54, 1.807) is 0 Å². The molecule has 0 aliphatic carbocycles. The van der Waals surface area contributed by atoms with Gasteiger partial charge in [0.1, 0.15) is 0 Å². The number of likely N-dealkylation sites (N-methyl/N-ethyl adjacent to an activating group) is 1. The van der Waals surface area contributed by atoms with E-state index in [4.69, 9.17) is 4.74 Å². The Morgan fingerprint density at radius 2 is 2.14 bits per heavy atom. The first-order valence-corrected chi connectivity index (χ1v) is 7.49. The summed E-state index contributed by atoms with van der Waals surface area (Å²) in [5.74, 6) is 0.939. The molecule has 2 rings (SSSR count). The topological polar surface area (TPSA) is 76.4 Å². The molecule has 8 heteroatoms. The van der Waals surface area contributed by atoms with Gasteiger partial charge in [0.15, 0.2) is 5.82 Å². The second-order valence-corrected chi connectivity index (χ2v) is 5.34. The average molecular weight is 296 g/mol. The number of nitrogens with zero attached hydrogens (tertiary/aromatic N) is 6. The number of carbonyl (C=O) groups excluding carboxylic acids is 1. The number of carbonyl (C=O) groups is 1. The van der Waals surface area contributed by atoms with Crippen LogP contribution in [0.15, 0.2) is 0 Å². The fourth-order valence-electron chi connectivity index (χ4n) is 2.26. The van der Waals surface area contributed by atoms with Gasteiger partial charge in [-0.25, -0.2) is 4.68 Å². The van der Waals surface area contributed by atoms with E-state index in [9.17, 15) is 4.79 Å². The fraction of sp³-hybridized carbons (Fsp3) is 0.846. The maximum atomic E-state index is 12.2. The predicted molar refractivity (Wildman–Crippen MR) is 76.5 cm³/mol. The summed E-state index contributed by atoms with van der Waals surface area (Å²) >= 11 is 0. The van der Waals surface area contributed by atoms with Crippen molar-refractivity contribution in [1.82, 2.24) is 30.0 Å². The Morgan fingerprint density at radius 3 is 2.86 bits per heavy atom. The van der Waals surface area contributed by atoms with Crippen LogP contribution < -0.4 is 0 Å². The fourth-order valence-corrected chi connectivity index (χ4v) is 2.26. The molecule has 1 amide bonds. The number of aromatic nitrogens is 4. The monoisotopic (exact) mass is 296 g/mol. The highest BCUT2D eigenvalue weighted by Crippen LogP contribution is 2.03. The number of hydrogen-bond donors (Lipinski definition) is 0. The number of hydrogen-bond acceptors (Lipinski definition) is 6. The van der Waals surface area contributed by atoms with Crippen molar-refractivity contribution in [3.05, 3.63) is 5.82 Å². The molecule has 21 heavy (non-hydrogen) atoms. The van der Waals surface area contributed by atoms with Gasteiger partial charge in [-0.1, -0.05) is 13.3 Å². The Balaban J connectivity index is 1.82. The number of aryl methyl sites for hydroxylation is 1. The number of amides is 1. The lowest BCUT2D eigenvalue weighted by Gasteiger charge is -2.28. The molecule has 2 heterocycles. The molecule has 0 bridgehead atoms. The Bertz CT molecular complexity index is 444. The zero-order valence-corrected chi connectivity index (χ0v) is 12.9. The van der Waals surface area contributed by atoms with Crippen LogP contribution in [0.3, 0.4) is 0 Å². The van der Waals surface area contributed by atoms with E-state index >= 15 is 0 Å². The van der Waals surface area contributed by atoms with Crippen molar-refractivity contribution >= 4 is 5.91 Å². The number of rotatable bonds is 7. The Morgan fingerprint density at radius 1 is 1.38 bits per heavy atom. The van der Waals surface area contributed by atoms with Gasteiger partial charge in [-0.2, -0.15) is 0 Å². The summed E-state index contributed by atoms with van der Waals surface area (Å²) in [4.78, 5) is 16.0. The van der Waals surface area contributed by atoms with Crippen LogP contribution in [0.5, 0.6) is 0 Å². The minimum absolute atomic E-state index is 0.133. The quantitative estimate of drug-likeness (QED) is 0.691. The Labute approximate surface area is 125 Å². The summed E-state index contributed by atoms with van der Waals surface area (Å²) in [6, 6.07) is 0. The molecule has 0 N–H and O–H groups in total. The molecule has 1 aliphatic heterocycles. The largest absolute Gasteiger partial charge is 0.378 e. The molecule has 0 radical (unpaired) electrons. The van der Waals surface area contributed by atoms with Crippen molar-refractivity contribution in [3.8, 4) is 0 Å². The lowest BCUT2D eigenvalue weighted by atomic mass is 10.3. The first-order chi connectivity index (χ1) is 10.2. The van der Waals surface area contributed by atoms with Crippen LogP contribution >= 0.6 is 0 Å². The van der Waals surface area contributed by atoms with E-state index in [0.717, 1.165) is 25.2 Å². The van der Waals surface area contributed by atoms with Crippen molar-refractivity contribution in [2.45, 2.75) is 32.9 Å². The zero-order chi connectivity index (χ0) is 15.1. The molecule has 1 aromatic rings. The molecule has 0 unspecified atom stereocenters. The SMILES string of the molecule is CCCCn1nnnc1CN(C)CC(=O)N1CCOCC1. The van der Waals surface area contributed by atoms with Crippen molar-refractivity contribution in [2.24, 2.45) is 0 Å². The molecule has 118 valence electrons. The first kappa shape index (κ1) is 15.8. The molecule has 1 aliphatic rings. The maximum absolute atomic E-state index is 12.2. The molecule has 0 atom stereocenters. The third-order valence-corrected chi connectivity index (χ3v) is 3.51. The van der Waals surface area contributed by atoms with E-state index in [1.807, 2.05) is 21.5 Å². The van der Waals surface area contributed by atoms with E-state index in [2.05, 4.69) is 22.4 Å². The predicted octanol–water partition coefficient (Wildman–Crippen LogP) is -0.236. The lowest BCUT2D eigenvalue weighted by Crippen LogP contribution is -2.45.